The second-order valence-electron chi connectivity index (χ2n) is 5.40. The minimum absolute atomic E-state index is 0.833. The van der Waals surface area contributed by atoms with Crippen molar-refractivity contribution in [1.82, 2.24) is 19.7 Å². The minimum atomic E-state index is 0.833. The molecule has 0 radical (unpaired) electrons. The molecule has 118 valence electrons. The second-order valence-corrected chi connectivity index (χ2v) is 6.47. The molecule has 0 bridgehead atoms. The maximum atomic E-state index is 5.38. The molecule has 1 fully saturated rings. The Hall–Kier alpha value is -1.37. The van der Waals surface area contributed by atoms with E-state index in [-0.39, 0.29) is 0 Å². The fourth-order valence-electron chi connectivity index (χ4n) is 2.51. The molecular formula is C16H22N4OS. The molecule has 0 saturated carbocycles. The van der Waals surface area contributed by atoms with E-state index in [9.17, 15) is 0 Å². The maximum absolute atomic E-state index is 5.38. The quantitative estimate of drug-likeness (QED) is 0.763. The third-order valence-electron chi connectivity index (χ3n) is 3.83. The van der Waals surface area contributed by atoms with Crippen LogP contribution in [0.4, 0.5) is 0 Å². The highest BCUT2D eigenvalue weighted by molar-refractivity contribution is 7.99. The first-order chi connectivity index (χ1) is 10.8. The smallest absolute Gasteiger partial charge is 0.191 e. The Balaban J connectivity index is 1.57. The molecule has 22 heavy (non-hydrogen) atoms. The van der Waals surface area contributed by atoms with Gasteiger partial charge in [0.2, 0.25) is 0 Å². The Labute approximate surface area is 135 Å². The zero-order chi connectivity index (χ0) is 15.2. The molecule has 1 aromatic carbocycles. The van der Waals surface area contributed by atoms with Crippen molar-refractivity contribution in [3.05, 3.63) is 41.7 Å². The Kier molecular flexibility index (Phi) is 5.48. The first kappa shape index (κ1) is 15.5. The molecule has 6 heteroatoms. The van der Waals surface area contributed by atoms with Gasteiger partial charge in [-0.3, -0.25) is 4.90 Å². The lowest BCUT2D eigenvalue weighted by molar-refractivity contribution is 0.0410. The first-order valence-corrected chi connectivity index (χ1v) is 8.68. The van der Waals surface area contributed by atoms with Gasteiger partial charge in [0.15, 0.2) is 5.16 Å². The van der Waals surface area contributed by atoms with Gasteiger partial charge in [-0.25, -0.2) is 0 Å². The van der Waals surface area contributed by atoms with Crippen LogP contribution in [0.3, 0.4) is 0 Å². The standard InChI is InChI=1S/C16H22N4OS/c1-14-17-18-16(20(14)13-15-5-3-2-4-6-15)22-12-9-19-7-10-21-11-8-19/h2-6H,7-13H2,1H3. The van der Waals surface area contributed by atoms with Crippen molar-refractivity contribution in [2.75, 3.05) is 38.6 Å². The van der Waals surface area contributed by atoms with Crippen LogP contribution in [0.25, 0.3) is 0 Å². The van der Waals surface area contributed by atoms with E-state index in [2.05, 4.69) is 43.9 Å². The van der Waals surface area contributed by atoms with Crippen molar-refractivity contribution in [2.24, 2.45) is 0 Å². The van der Waals surface area contributed by atoms with Crippen LogP contribution in [0.15, 0.2) is 35.5 Å². The van der Waals surface area contributed by atoms with E-state index in [1.165, 1.54) is 5.56 Å². The largest absolute Gasteiger partial charge is 0.379 e. The van der Waals surface area contributed by atoms with Crippen molar-refractivity contribution < 1.29 is 4.74 Å². The monoisotopic (exact) mass is 318 g/mol. The summed E-state index contributed by atoms with van der Waals surface area (Å²) in [6.45, 7) is 7.71. The average molecular weight is 318 g/mol. The van der Waals surface area contributed by atoms with Crippen LogP contribution in [0.2, 0.25) is 0 Å². The summed E-state index contributed by atoms with van der Waals surface area (Å²) in [6, 6.07) is 10.5. The van der Waals surface area contributed by atoms with Crippen LogP contribution in [0, 0.1) is 6.92 Å². The van der Waals surface area contributed by atoms with E-state index in [0.29, 0.717) is 0 Å². The minimum Gasteiger partial charge on any atom is -0.379 e. The van der Waals surface area contributed by atoms with Crippen molar-refractivity contribution in [3.63, 3.8) is 0 Å². The molecule has 1 aliphatic rings. The van der Waals surface area contributed by atoms with Gasteiger partial charge in [0.25, 0.3) is 0 Å². The summed E-state index contributed by atoms with van der Waals surface area (Å²) in [5.74, 6) is 2.00. The summed E-state index contributed by atoms with van der Waals surface area (Å²) in [6.07, 6.45) is 0. The number of ether oxygens (including phenoxy) is 1. The van der Waals surface area contributed by atoms with Gasteiger partial charge in [-0.05, 0) is 12.5 Å². The Morgan fingerprint density at radius 3 is 2.68 bits per heavy atom. The van der Waals surface area contributed by atoms with Crippen LogP contribution in [-0.4, -0.2) is 58.3 Å². The summed E-state index contributed by atoms with van der Waals surface area (Å²) in [4.78, 5) is 2.45. The molecule has 3 rings (SSSR count). The van der Waals surface area contributed by atoms with Crippen molar-refractivity contribution in [2.45, 2.75) is 18.6 Å². The molecule has 0 unspecified atom stereocenters. The molecule has 0 atom stereocenters. The van der Waals surface area contributed by atoms with Crippen LogP contribution in [0.5, 0.6) is 0 Å². The molecule has 1 aromatic heterocycles. The van der Waals surface area contributed by atoms with Gasteiger partial charge >= 0.3 is 0 Å². The summed E-state index contributed by atoms with van der Waals surface area (Å²) in [5.41, 5.74) is 1.28. The predicted octanol–water partition coefficient (Wildman–Crippen LogP) is 2.06. The number of nitrogens with zero attached hydrogens (tertiary/aromatic N) is 4. The van der Waals surface area contributed by atoms with E-state index < -0.39 is 0 Å². The number of aryl methyl sites for hydroxylation is 1. The van der Waals surface area contributed by atoms with E-state index in [4.69, 9.17) is 4.74 Å². The van der Waals surface area contributed by atoms with Gasteiger partial charge in [-0.1, -0.05) is 42.1 Å². The fraction of sp³-hybridized carbons (Fsp3) is 0.500. The Morgan fingerprint density at radius 2 is 1.91 bits per heavy atom. The number of rotatable bonds is 6. The summed E-state index contributed by atoms with van der Waals surface area (Å²) in [7, 11) is 0. The Morgan fingerprint density at radius 1 is 1.14 bits per heavy atom. The number of benzene rings is 1. The predicted molar refractivity (Wildman–Crippen MR) is 88.3 cm³/mol. The SMILES string of the molecule is Cc1nnc(SCCN2CCOCC2)n1Cc1ccccc1. The number of morpholine rings is 1. The van der Waals surface area contributed by atoms with Gasteiger partial charge in [-0.15, -0.1) is 10.2 Å². The van der Waals surface area contributed by atoms with Crippen molar-refractivity contribution >= 4 is 11.8 Å². The zero-order valence-electron chi connectivity index (χ0n) is 12.9. The van der Waals surface area contributed by atoms with E-state index in [1.54, 1.807) is 11.8 Å². The summed E-state index contributed by atoms with van der Waals surface area (Å²) < 4.78 is 7.57. The van der Waals surface area contributed by atoms with Gasteiger partial charge in [-0.2, -0.15) is 0 Å². The molecule has 0 amide bonds. The summed E-state index contributed by atoms with van der Waals surface area (Å²) in [5, 5.41) is 9.57. The molecule has 2 heterocycles. The zero-order valence-corrected chi connectivity index (χ0v) is 13.8. The molecular weight excluding hydrogens is 296 g/mol. The van der Waals surface area contributed by atoms with E-state index >= 15 is 0 Å². The topological polar surface area (TPSA) is 43.2 Å². The first-order valence-electron chi connectivity index (χ1n) is 7.69. The molecule has 0 N–H and O–H groups in total. The third kappa shape index (κ3) is 4.09. The van der Waals surface area contributed by atoms with Gasteiger partial charge < -0.3 is 9.30 Å². The van der Waals surface area contributed by atoms with Crippen LogP contribution in [-0.2, 0) is 11.3 Å². The van der Waals surface area contributed by atoms with Crippen LogP contribution in [0.1, 0.15) is 11.4 Å². The highest BCUT2D eigenvalue weighted by Gasteiger charge is 2.13. The third-order valence-corrected chi connectivity index (χ3v) is 4.77. The number of hydrogen-bond acceptors (Lipinski definition) is 5. The molecule has 2 aromatic rings. The van der Waals surface area contributed by atoms with E-state index in [0.717, 1.165) is 56.1 Å². The molecule has 0 aliphatic carbocycles. The van der Waals surface area contributed by atoms with Gasteiger partial charge in [0.1, 0.15) is 5.82 Å². The lowest BCUT2D eigenvalue weighted by Crippen LogP contribution is -2.37. The Bertz CT molecular complexity index is 581. The fourth-order valence-corrected chi connectivity index (χ4v) is 3.49. The molecule has 5 nitrogen and oxygen atoms in total. The van der Waals surface area contributed by atoms with Gasteiger partial charge in [0, 0.05) is 25.4 Å². The summed E-state index contributed by atoms with van der Waals surface area (Å²) >= 11 is 1.79. The molecule has 1 aliphatic heterocycles. The maximum Gasteiger partial charge on any atom is 0.191 e. The highest BCUT2D eigenvalue weighted by atomic mass is 32.2. The number of aromatic nitrogens is 3. The highest BCUT2D eigenvalue weighted by Crippen LogP contribution is 2.18. The number of hydrogen-bond donors (Lipinski definition) is 0. The van der Waals surface area contributed by atoms with Crippen LogP contribution < -0.4 is 0 Å². The molecule has 0 spiro atoms. The van der Waals surface area contributed by atoms with Crippen LogP contribution >= 0.6 is 11.8 Å². The van der Waals surface area contributed by atoms with Crippen molar-refractivity contribution in [3.8, 4) is 0 Å². The average Bonchev–Trinajstić information content (AvgIpc) is 2.90. The van der Waals surface area contributed by atoms with Crippen molar-refractivity contribution in [1.29, 1.82) is 0 Å². The lowest BCUT2D eigenvalue weighted by Gasteiger charge is -2.26. The number of thioether (sulfide) groups is 1. The lowest BCUT2D eigenvalue weighted by atomic mass is 10.2. The van der Waals surface area contributed by atoms with Gasteiger partial charge in [0.05, 0.1) is 19.8 Å². The second kappa shape index (κ2) is 7.76. The molecule has 1 saturated heterocycles. The normalized spacial score (nSPS) is 16.0. The van der Waals surface area contributed by atoms with E-state index in [1.807, 2.05) is 13.0 Å².